The summed E-state index contributed by atoms with van der Waals surface area (Å²) in [5.74, 6) is 1.73. The molecule has 0 saturated heterocycles. The number of ketones is 1. The van der Waals surface area contributed by atoms with Crippen molar-refractivity contribution in [3.63, 3.8) is 0 Å². The Kier molecular flexibility index (Phi) is 4.47. The van der Waals surface area contributed by atoms with Gasteiger partial charge in [0.15, 0.2) is 5.78 Å². The van der Waals surface area contributed by atoms with Gasteiger partial charge in [0, 0.05) is 5.41 Å². The molecule has 0 heterocycles. The summed E-state index contributed by atoms with van der Waals surface area (Å²) in [6.45, 7) is 4.61. The summed E-state index contributed by atoms with van der Waals surface area (Å²) in [7, 11) is 0. The second kappa shape index (κ2) is 6.30. The lowest BCUT2D eigenvalue weighted by Crippen LogP contribution is -2.53. The zero-order chi connectivity index (χ0) is 19.0. The Morgan fingerprint density at radius 2 is 1.82 bits per heavy atom. The molecule has 6 atom stereocenters. The lowest BCUT2D eigenvalue weighted by atomic mass is 9.45. The molecule has 5 aliphatic carbocycles. The second-order valence-corrected chi connectivity index (χ2v) is 10.4. The molecule has 5 unspecified atom stereocenters. The third-order valence-corrected chi connectivity index (χ3v) is 9.55. The third-order valence-electron chi connectivity index (χ3n) is 9.55. The van der Waals surface area contributed by atoms with Gasteiger partial charge in [-0.3, -0.25) is 4.79 Å². The van der Waals surface area contributed by atoms with Crippen molar-refractivity contribution in [3.05, 3.63) is 23.3 Å². The van der Waals surface area contributed by atoms with Gasteiger partial charge in [-0.2, -0.15) is 5.26 Å². The van der Waals surface area contributed by atoms with Crippen LogP contribution in [0.3, 0.4) is 0 Å². The van der Waals surface area contributed by atoms with Gasteiger partial charge >= 0.3 is 0 Å². The van der Waals surface area contributed by atoms with Crippen LogP contribution in [-0.4, -0.2) is 17.0 Å². The van der Waals surface area contributed by atoms with E-state index in [9.17, 15) is 15.2 Å². The fraction of sp³-hybridized carbons (Fsp3) is 0.760. The molecule has 0 aliphatic heterocycles. The van der Waals surface area contributed by atoms with Crippen LogP contribution < -0.4 is 0 Å². The van der Waals surface area contributed by atoms with Crippen LogP contribution >= 0.6 is 0 Å². The number of aliphatic hydroxyl groups is 1. The number of hydrogen-bond acceptors (Lipinski definition) is 3. The molecule has 3 saturated carbocycles. The first-order valence-corrected chi connectivity index (χ1v) is 10.9. The van der Waals surface area contributed by atoms with Crippen LogP contribution in [0.1, 0.15) is 79.1 Å². The molecule has 28 heavy (non-hydrogen) atoms. The first-order valence-electron chi connectivity index (χ1n) is 10.9. The number of hydrogen-bond donors (Lipinski definition) is 1. The monoisotopic (exact) mass is 381 g/mol. The molecule has 5 rings (SSSR count). The van der Waals surface area contributed by atoms with Gasteiger partial charge in [0.25, 0.3) is 0 Å². The molecule has 0 aromatic carbocycles. The SMILES string of the molecule is C.CC12CCC3C(CC=C4C5(CCCC5)C(=O)C(C#N)=C[C@@]43C)C1CCC2O. The molecule has 3 nitrogen and oxygen atoms in total. The smallest absolute Gasteiger partial charge is 0.183 e. The lowest BCUT2D eigenvalue weighted by molar-refractivity contribution is -0.125. The minimum Gasteiger partial charge on any atom is -0.393 e. The molecule has 1 N–H and O–H groups in total. The van der Waals surface area contributed by atoms with Crippen LogP contribution in [0.25, 0.3) is 0 Å². The predicted molar refractivity (Wildman–Crippen MR) is 110 cm³/mol. The molecule has 1 spiro atoms. The number of carbonyl (C=O) groups excluding carboxylic acids is 1. The molecule has 0 aromatic heterocycles. The third kappa shape index (κ3) is 2.22. The molecule has 0 bridgehead atoms. The van der Waals surface area contributed by atoms with Crippen LogP contribution in [-0.2, 0) is 4.79 Å². The van der Waals surface area contributed by atoms with Gasteiger partial charge in [0.05, 0.1) is 17.1 Å². The van der Waals surface area contributed by atoms with E-state index in [-0.39, 0.29) is 30.1 Å². The van der Waals surface area contributed by atoms with E-state index in [1.165, 1.54) is 5.57 Å². The zero-order valence-corrected chi connectivity index (χ0v) is 16.6. The highest BCUT2D eigenvalue weighted by molar-refractivity contribution is 6.07. The fourth-order valence-electron chi connectivity index (χ4n) is 8.21. The normalized spacial score (nSPS) is 45.9. The molecule has 5 aliphatic rings. The summed E-state index contributed by atoms with van der Waals surface area (Å²) >= 11 is 0. The summed E-state index contributed by atoms with van der Waals surface area (Å²) in [4.78, 5) is 13.2. The maximum absolute atomic E-state index is 13.2. The van der Waals surface area contributed by atoms with Gasteiger partial charge in [-0.25, -0.2) is 0 Å². The van der Waals surface area contributed by atoms with E-state index in [1.54, 1.807) is 0 Å². The largest absolute Gasteiger partial charge is 0.393 e. The summed E-state index contributed by atoms with van der Waals surface area (Å²) < 4.78 is 0. The Hall–Kier alpha value is -1.40. The van der Waals surface area contributed by atoms with Crippen molar-refractivity contribution in [3.8, 4) is 6.07 Å². The summed E-state index contributed by atoms with van der Waals surface area (Å²) in [5, 5.41) is 20.4. The number of carbonyl (C=O) groups is 1. The van der Waals surface area contributed by atoms with Crippen molar-refractivity contribution in [1.82, 2.24) is 0 Å². The van der Waals surface area contributed by atoms with Gasteiger partial charge in [-0.15, -0.1) is 0 Å². The quantitative estimate of drug-likeness (QED) is 0.575. The highest BCUT2D eigenvalue weighted by Gasteiger charge is 2.62. The van der Waals surface area contributed by atoms with E-state index in [2.05, 4.69) is 32.1 Å². The number of fused-ring (bicyclic) bond motifs is 6. The number of nitriles is 1. The number of Topliss-reactive ketones (excluding diaryl/α,β-unsaturated/α-hetero) is 1. The second-order valence-electron chi connectivity index (χ2n) is 10.4. The van der Waals surface area contributed by atoms with Crippen LogP contribution in [0.15, 0.2) is 23.3 Å². The maximum atomic E-state index is 13.2. The van der Waals surface area contributed by atoms with E-state index in [4.69, 9.17) is 0 Å². The van der Waals surface area contributed by atoms with E-state index < -0.39 is 5.41 Å². The summed E-state index contributed by atoms with van der Waals surface area (Å²) in [5.41, 5.74) is 1.26. The van der Waals surface area contributed by atoms with E-state index in [1.807, 2.05) is 0 Å². The summed E-state index contributed by atoms with van der Waals surface area (Å²) in [6, 6.07) is 2.26. The van der Waals surface area contributed by atoms with Crippen LogP contribution in [0.2, 0.25) is 0 Å². The molecule has 0 aromatic rings. The van der Waals surface area contributed by atoms with E-state index >= 15 is 0 Å². The van der Waals surface area contributed by atoms with Crippen molar-refractivity contribution in [2.24, 2.45) is 34.0 Å². The van der Waals surface area contributed by atoms with Gasteiger partial charge in [0.2, 0.25) is 0 Å². The van der Waals surface area contributed by atoms with Gasteiger partial charge in [0.1, 0.15) is 6.07 Å². The van der Waals surface area contributed by atoms with Crippen molar-refractivity contribution in [1.29, 1.82) is 5.26 Å². The minimum atomic E-state index is -0.393. The van der Waals surface area contributed by atoms with Crippen molar-refractivity contribution < 1.29 is 9.90 Å². The van der Waals surface area contributed by atoms with E-state index in [0.29, 0.717) is 23.3 Å². The molecular formula is C25H35NO2. The molecular weight excluding hydrogens is 346 g/mol. The average molecular weight is 382 g/mol. The molecule has 3 fully saturated rings. The zero-order valence-electron chi connectivity index (χ0n) is 16.6. The Labute approximate surface area is 169 Å². The topological polar surface area (TPSA) is 61.1 Å². The molecule has 3 heteroatoms. The van der Waals surface area contributed by atoms with Crippen LogP contribution in [0, 0.1) is 45.3 Å². The fourth-order valence-corrected chi connectivity index (χ4v) is 8.21. The Morgan fingerprint density at radius 3 is 2.50 bits per heavy atom. The highest BCUT2D eigenvalue weighted by atomic mass is 16.3. The average Bonchev–Trinajstić information content (AvgIpc) is 3.25. The van der Waals surface area contributed by atoms with Gasteiger partial charge in [-0.1, -0.05) is 51.8 Å². The standard InChI is InChI=1S/C24H31NO2.CH4/c1-22-12-9-18-16(17(22)6-8-20(22)26)5-7-19-23(18,2)13-15(14-25)21(27)24(19)10-3-4-11-24;/h7,13,16-18,20,26H,3-6,8-12H2,1-2H3;1H4/t16?,17?,18?,20?,22?,23-;/m1./s1. The maximum Gasteiger partial charge on any atom is 0.183 e. The summed E-state index contributed by atoms with van der Waals surface area (Å²) in [6.07, 6.45) is 13.6. The highest BCUT2D eigenvalue weighted by Crippen LogP contribution is 2.67. The number of aliphatic hydroxyl groups excluding tert-OH is 1. The first kappa shape index (κ1) is 19.9. The van der Waals surface area contributed by atoms with Gasteiger partial charge in [-0.05, 0) is 68.1 Å². The number of rotatable bonds is 0. The Morgan fingerprint density at radius 1 is 1.11 bits per heavy atom. The number of allylic oxidation sites excluding steroid dienone is 4. The Bertz CT molecular complexity index is 796. The van der Waals surface area contributed by atoms with Crippen molar-refractivity contribution in [2.45, 2.75) is 85.2 Å². The minimum absolute atomic E-state index is 0. The van der Waals surface area contributed by atoms with Crippen molar-refractivity contribution >= 4 is 5.78 Å². The predicted octanol–water partition coefficient (Wildman–Crippen LogP) is 5.36. The molecule has 0 amide bonds. The first-order chi connectivity index (χ1) is 12.9. The van der Waals surface area contributed by atoms with Crippen LogP contribution in [0.4, 0.5) is 0 Å². The molecule has 0 radical (unpaired) electrons. The molecule has 152 valence electrons. The van der Waals surface area contributed by atoms with Crippen molar-refractivity contribution in [2.75, 3.05) is 0 Å². The van der Waals surface area contributed by atoms with Gasteiger partial charge < -0.3 is 5.11 Å². The lowest BCUT2D eigenvalue weighted by Gasteiger charge is -2.58. The Balaban J connectivity index is 0.00000192. The van der Waals surface area contributed by atoms with Crippen LogP contribution in [0.5, 0.6) is 0 Å². The van der Waals surface area contributed by atoms with E-state index in [0.717, 1.165) is 57.8 Å². The number of nitrogens with zero attached hydrogens (tertiary/aromatic N) is 1.